The number of carbonyl (C=O) groups excluding carboxylic acids is 1. The highest BCUT2D eigenvalue weighted by Crippen LogP contribution is 2.18. The lowest BCUT2D eigenvalue weighted by Crippen LogP contribution is -2.50. The molecule has 0 aromatic heterocycles. The number of hydrogen-bond donors (Lipinski definition) is 2. The fourth-order valence-corrected chi connectivity index (χ4v) is 1.41. The van der Waals surface area contributed by atoms with Gasteiger partial charge in [-0.3, -0.25) is 4.79 Å². The molecule has 1 aromatic rings. The van der Waals surface area contributed by atoms with Gasteiger partial charge in [0.25, 0.3) is 0 Å². The Labute approximate surface area is 121 Å². The summed E-state index contributed by atoms with van der Waals surface area (Å²) in [6, 6.07) is 6.03. The van der Waals surface area contributed by atoms with Crippen molar-refractivity contribution < 1.29 is 22.7 Å². The van der Waals surface area contributed by atoms with Crippen molar-refractivity contribution in [1.29, 1.82) is 0 Å². The van der Waals surface area contributed by atoms with Gasteiger partial charge < -0.3 is 15.8 Å². The third kappa shape index (κ3) is 6.03. The Bertz CT molecular complexity index is 470. The maximum Gasteiger partial charge on any atom is 0.422 e. The quantitative estimate of drug-likeness (QED) is 0.848. The van der Waals surface area contributed by atoms with E-state index in [1.54, 1.807) is 19.1 Å². The van der Waals surface area contributed by atoms with Crippen LogP contribution >= 0.6 is 0 Å². The van der Waals surface area contributed by atoms with Crippen LogP contribution in [-0.4, -0.2) is 24.2 Å². The van der Waals surface area contributed by atoms with E-state index in [4.69, 9.17) is 5.73 Å². The first-order valence-electron chi connectivity index (χ1n) is 6.50. The van der Waals surface area contributed by atoms with Crippen LogP contribution < -0.4 is 15.8 Å². The molecule has 0 aliphatic rings. The van der Waals surface area contributed by atoms with Crippen LogP contribution in [0.25, 0.3) is 0 Å². The summed E-state index contributed by atoms with van der Waals surface area (Å²) in [5, 5.41) is 2.68. The zero-order valence-corrected chi connectivity index (χ0v) is 12.0. The number of benzene rings is 1. The van der Waals surface area contributed by atoms with Crippen LogP contribution in [0.2, 0.25) is 0 Å². The lowest BCUT2D eigenvalue weighted by atomic mass is 9.99. The Kier molecular flexibility index (Phi) is 5.60. The molecule has 0 heterocycles. The number of halogens is 3. The molecule has 0 spiro atoms. The van der Waals surface area contributed by atoms with Gasteiger partial charge in [-0.2, -0.15) is 13.2 Å². The molecule has 1 atom stereocenters. The van der Waals surface area contributed by atoms with E-state index in [1.807, 2.05) is 6.92 Å². The minimum absolute atomic E-state index is 0.125. The molecule has 0 bridgehead atoms. The van der Waals surface area contributed by atoms with E-state index in [-0.39, 0.29) is 18.2 Å². The fourth-order valence-electron chi connectivity index (χ4n) is 1.41. The molecule has 21 heavy (non-hydrogen) atoms. The van der Waals surface area contributed by atoms with Crippen molar-refractivity contribution >= 4 is 5.91 Å². The number of carbonyl (C=O) groups is 1. The maximum absolute atomic E-state index is 12.0. The molecule has 0 aliphatic carbocycles. The first kappa shape index (κ1) is 17.3. The molecule has 0 radical (unpaired) electrons. The number of hydrogen-bond acceptors (Lipinski definition) is 3. The molecule has 0 fully saturated rings. The standard InChI is InChI=1S/C14H19F3N2O2/c1-3-13(2,18)12(20)19-8-10-4-6-11(7-5-10)21-9-14(15,16)17/h4-7H,3,8-9,18H2,1-2H3,(H,19,20). The first-order valence-corrected chi connectivity index (χ1v) is 6.50. The van der Waals surface area contributed by atoms with Gasteiger partial charge >= 0.3 is 6.18 Å². The number of nitrogens with two attached hydrogens (primary N) is 1. The summed E-state index contributed by atoms with van der Waals surface area (Å²) in [7, 11) is 0. The van der Waals surface area contributed by atoms with Crippen molar-refractivity contribution in [3.8, 4) is 5.75 Å². The zero-order chi connectivity index (χ0) is 16.1. The second-order valence-corrected chi connectivity index (χ2v) is 5.00. The molecule has 1 amide bonds. The SMILES string of the molecule is CCC(C)(N)C(=O)NCc1ccc(OCC(F)(F)F)cc1. The average Bonchev–Trinajstić information content (AvgIpc) is 2.42. The van der Waals surface area contributed by atoms with Crippen LogP contribution in [0.1, 0.15) is 25.8 Å². The zero-order valence-electron chi connectivity index (χ0n) is 12.0. The second kappa shape index (κ2) is 6.80. The second-order valence-electron chi connectivity index (χ2n) is 5.00. The third-order valence-electron chi connectivity index (χ3n) is 3.03. The lowest BCUT2D eigenvalue weighted by Gasteiger charge is -2.21. The van der Waals surface area contributed by atoms with Gasteiger partial charge in [0, 0.05) is 6.54 Å². The van der Waals surface area contributed by atoms with Crippen molar-refractivity contribution in [2.45, 2.75) is 38.5 Å². The molecule has 0 saturated carbocycles. The summed E-state index contributed by atoms with van der Waals surface area (Å²) in [5.41, 5.74) is 5.60. The van der Waals surface area contributed by atoms with E-state index < -0.39 is 18.3 Å². The van der Waals surface area contributed by atoms with Gasteiger partial charge in [0.1, 0.15) is 5.75 Å². The van der Waals surface area contributed by atoms with E-state index in [0.29, 0.717) is 6.42 Å². The molecule has 3 N–H and O–H groups in total. The Morgan fingerprint density at radius 1 is 1.29 bits per heavy atom. The molecule has 1 rings (SSSR count). The lowest BCUT2D eigenvalue weighted by molar-refractivity contribution is -0.153. The highest BCUT2D eigenvalue weighted by Gasteiger charge is 2.28. The van der Waals surface area contributed by atoms with E-state index in [2.05, 4.69) is 10.1 Å². The van der Waals surface area contributed by atoms with Crippen molar-refractivity contribution in [1.82, 2.24) is 5.32 Å². The number of rotatable bonds is 6. The molecule has 118 valence electrons. The average molecular weight is 304 g/mol. The fraction of sp³-hybridized carbons (Fsp3) is 0.500. The van der Waals surface area contributed by atoms with Crippen molar-refractivity contribution in [2.24, 2.45) is 5.73 Å². The van der Waals surface area contributed by atoms with Gasteiger partial charge in [-0.25, -0.2) is 0 Å². The topological polar surface area (TPSA) is 64.4 Å². The summed E-state index contributed by atoms with van der Waals surface area (Å²) < 4.78 is 40.6. The van der Waals surface area contributed by atoms with Gasteiger partial charge in [-0.15, -0.1) is 0 Å². The Morgan fingerprint density at radius 3 is 2.33 bits per heavy atom. The highest BCUT2D eigenvalue weighted by molar-refractivity contribution is 5.85. The van der Waals surface area contributed by atoms with E-state index in [1.165, 1.54) is 12.1 Å². The Balaban J connectivity index is 2.50. The molecular formula is C14H19F3N2O2. The van der Waals surface area contributed by atoms with Gasteiger partial charge in [-0.1, -0.05) is 19.1 Å². The predicted octanol–water partition coefficient (Wildman–Crippen LogP) is 2.37. The molecule has 7 heteroatoms. The van der Waals surface area contributed by atoms with E-state index in [9.17, 15) is 18.0 Å². The van der Waals surface area contributed by atoms with Gasteiger partial charge in [-0.05, 0) is 31.0 Å². The Morgan fingerprint density at radius 2 is 1.86 bits per heavy atom. The number of amides is 1. The summed E-state index contributed by atoms with van der Waals surface area (Å²) in [6.07, 6.45) is -3.86. The number of ether oxygens (including phenoxy) is 1. The number of nitrogens with one attached hydrogen (secondary N) is 1. The third-order valence-corrected chi connectivity index (χ3v) is 3.03. The molecule has 1 unspecified atom stereocenters. The van der Waals surface area contributed by atoms with Crippen molar-refractivity contribution in [3.05, 3.63) is 29.8 Å². The summed E-state index contributed by atoms with van der Waals surface area (Å²) in [6.45, 7) is 2.37. The summed E-state index contributed by atoms with van der Waals surface area (Å²) >= 11 is 0. The normalized spacial score (nSPS) is 14.4. The van der Waals surface area contributed by atoms with Crippen LogP contribution in [0.3, 0.4) is 0 Å². The van der Waals surface area contributed by atoms with Crippen molar-refractivity contribution in [2.75, 3.05) is 6.61 Å². The van der Waals surface area contributed by atoms with Crippen LogP contribution in [0.4, 0.5) is 13.2 Å². The van der Waals surface area contributed by atoms with E-state index >= 15 is 0 Å². The monoisotopic (exact) mass is 304 g/mol. The minimum atomic E-state index is -4.36. The van der Waals surface area contributed by atoms with Crippen LogP contribution in [0.15, 0.2) is 24.3 Å². The maximum atomic E-state index is 12.0. The largest absolute Gasteiger partial charge is 0.484 e. The molecule has 0 aliphatic heterocycles. The predicted molar refractivity (Wildman–Crippen MR) is 72.7 cm³/mol. The van der Waals surface area contributed by atoms with Crippen molar-refractivity contribution in [3.63, 3.8) is 0 Å². The number of alkyl halides is 3. The minimum Gasteiger partial charge on any atom is -0.484 e. The van der Waals surface area contributed by atoms with Gasteiger partial charge in [0.05, 0.1) is 5.54 Å². The van der Waals surface area contributed by atoms with Crippen LogP contribution in [0, 0.1) is 0 Å². The highest BCUT2D eigenvalue weighted by atomic mass is 19.4. The van der Waals surface area contributed by atoms with E-state index in [0.717, 1.165) is 5.56 Å². The summed E-state index contributed by atoms with van der Waals surface area (Å²) in [5.74, 6) is -0.151. The van der Waals surface area contributed by atoms with Crippen LogP contribution in [0.5, 0.6) is 5.75 Å². The molecule has 1 aromatic carbocycles. The van der Waals surface area contributed by atoms with Gasteiger partial charge in [0.15, 0.2) is 6.61 Å². The Hall–Kier alpha value is -1.76. The van der Waals surface area contributed by atoms with Crippen LogP contribution in [-0.2, 0) is 11.3 Å². The molecular weight excluding hydrogens is 285 g/mol. The summed E-state index contributed by atoms with van der Waals surface area (Å²) in [4.78, 5) is 11.8. The van der Waals surface area contributed by atoms with Gasteiger partial charge in [0.2, 0.25) is 5.91 Å². The smallest absolute Gasteiger partial charge is 0.422 e. The molecule has 4 nitrogen and oxygen atoms in total. The molecule has 0 saturated heterocycles. The first-order chi connectivity index (χ1) is 9.64.